The molecule has 3 heterocycles. The zero-order valence-electron chi connectivity index (χ0n) is 40.7. The summed E-state index contributed by atoms with van der Waals surface area (Å²) in [6.07, 6.45) is -4.63. The van der Waals surface area contributed by atoms with Gasteiger partial charge in [-0.15, -0.1) is 0 Å². The van der Waals surface area contributed by atoms with Crippen molar-refractivity contribution in [3.05, 3.63) is 0 Å². The number of ether oxygens (including phenoxy) is 6. The maximum atomic E-state index is 14.6. The van der Waals surface area contributed by atoms with Crippen LogP contribution in [0.25, 0.3) is 0 Å². The Morgan fingerprint density at radius 2 is 1.61 bits per heavy atom. The summed E-state index contributed by atoms with van der Waals surface area (Å²) >= 11 is 0. The van der Waals surface area contributed by atoms with Gasteiger partial charge in [0.2, 0.25) is 0 Å². The van der Waals surface area contributed by atoms with Crippen molar-refractivity contribution in [1.29, 1.82) is 0 Å². The molecule has 0 aromatic heterocycles. The highest BCUT2D eigenvalue weighted by molar-refractivity contribution is 5.73. The molecule has 0 spiro atoms. The van der Waals surface area contributed by atoms with Crippen molar-refractivity contribution < 1.29 is 58.7 Å². The monoisotopic (exact) mass is 876 g/mol. The predicted molar refractivity (Wildman–Crippen MR) is 235 cm³/mol. The molecule has 1 unspecified atom stereocenters. The first kappa shape index (κ1) is 54.3. The molecular weight excluding hydrogens is 787 g/mol. The molecule has 6 N–H and O–H groups in total. The number of hydrogen-bond acceptors (Lipinski definition) is 15. The third-order valence-electron chi connectivity index (χ3n) is 14.7. The Morgan fingerprint density at radius 1 is 0.967 bits per heavy atom. The molecule has 0 aromatic rings. The summed E-state index contributed by atoms with van der Waals surface area (Å²) in [5.41, 5.74) is -5.10. The molecule has 360 valence electrons. The number of nitrogens with one attached hydrogen (secondary N) is 1. The smallest absolute Gasteiger partial charge is 0.311 e. The van der Waals surface area contributed by atoms with Gasteiger partial charge >= 0.3 is 5.97 Å². The molecule has 3 rings (SSSR count). The summed E-state index contributed by atoms with van der Waals surface area (Å²) in [7, 11) is 5.41. The first-order valence-corrected chi connectivity index (χ1v) is 23.2. The maximum Gasteiger partial charge on any atom is 0.311 e. The minimum absolute atomic E-state index is 0.00497. The molecule has 15 nitrogen and oxygen atoms in total. The Balaban J connectivity index is 2.22. The molecule has 0 aliphatic carbocycles. The lowest BCUT2D eigenvalue weighted by molar-refractivity contribution is -0.334. The van der Waals surface area contributed by atoms with E-state index in [0.717, 1.165) is 13.0 Å². The Bertz CT molecular complexity index is 1340. The largest absolute Gasteiger partial charge is 0.459 e. The van der Waals surface area contributed by atoms with Crippen LogP contribution in [0.1, 0.15) is 129 Å². The molecule has 3 fully saturated rings. The SMILES string of the molecule is CCCN1C[C@H](C)[C@@H](O)[C@](C)(O)[C@@H](CC)OC(=O)[C@H](C)[C@H](O[C@@H]2C[C@](C)(OC)[C@@](O)(CNC(CC)CO)[C@H](C)O2)[C@H](C)[C@@H](O[C@@H]2O[C@H](C)C[C@H](N(C)C)[C@H]2O)C(C)(C)C[C@H]1C. The number of rotatable bonds is 14. The Labute approximate surface area is 368 Å². The van der Waals surface area contributed by atoms with E-state index < -0.39 is 89.2 Å². The van der Waals surface area contributed by atoms with Crippen LogP contribution in [-0.4, -0.2) is 179 Å². The van der Waals surface area contributed by atoms with Crippen molar-refractivity contribution in [1.82, 2.24) is 15.1 Å². The highest BCUT2D eigenvalue weighted by Crippen LogP contribution is 2.45. The van der Waals surface area contributed by atoms with Crippen LogP contribution >= 0.6 is 0 Å². The van der Waals surface area contributed by atoms with Gasteiger partial charge in [-0.3, -0.25) is 4.79 Å². The van der Waals surface area contributed by atoms with Gasteiger partial charge in [-0.1, -0.05) is 48.5 Å². The van der Waals surface area contributed by atoms with Crippen LogP contribution < -0.4 is 5.32 Å². The van der Waals surface area contributed by atoms with Crippen LogP contribution in [0.3, 0.4) is 0 Å². The Morgan fingerprint density at radius 3 is 2.15 bits per heavy atom. The lowest BCUT2D eigenvalue weighted by Gasteiger charge is -2.54. The quantitative estimate of drug-likeness (QED) is 0.139. The van der Waals surface area contributed by atoms with Gasteiger partial charge < -0.3 is 69.1 Å². The minimum atomic E-state index is -1.76. The summed E-state index contributed by atoms with van der Waals surface area (Å²) in [5.74, 6) is -2.51. The number of cyclic esters (lactones) is 1. The highest BCUT2D eigenvalue weighted by Gasteiger charge is 2.58. The molecule has 18 atom stereocenters. The number of carbonyl (C=O) groups is 1. The number of methoxy groups -OCH3 is 1. The highest BCUT2D eigenvalue weighted by atomic mass is 16.7. The van der Waals surface area contributed by atoms with Crippen LogP contribution in [0.5, 0.6) is 0 Å². The second-order valence-corrected chi connectivity index (χ2v) is 20.3. The average molecular weight is 876 g/mol. The van der Waals surface area contributed by atoms with Crippen LogP contribution in [0.4, 0.5) is 0 Å². The molecule has 3 aliphatic rings. The molecule has 0 aromatic carbocycles. The number of aliphatic hydroxyl groups is 5. The van der Waals surface area contributed by atoms with Crippen molar-refractivity contribution in [2.24, 2.45) is 23.2 Å². The maximum absolute atomic E-state index is 14.6. The fourth-order valence-corrected chi connectivity index (χ4v) is 10.5. The first-order valence-electron chi connectivity index (χ1n) is 23.2. The van der Waals surface area contributed by atoms with Crippen molar-refractivity contribution in [2.45, 2.75) is 219 Å². The average Bonchev–Trinajstić information content (AvgIpc) is 3.19. The summed E-state index contributed by atoms with van der Waals surface area (Å²) in [6.45, 7) is 26.3. The first-order chi connectivity index (χ1) is 28.3. The van der Waals surface area contributed by atoms with Gasteiger partial charge in [-0.2, -0.15) is 0 Å². The molecule has 15 heteroatoms. The second-order valence-electron chi connectivity index (χ2n) is 20.3. The van der Waals surface area contributed by atoms with Crippen molar-refractivity contribution in [2.75, 3.05) is 47.4 Å². The van der Waals surface area contributed by atoms with E-state index >= 15 is 0 Å². The van der Waals surface area contributed by atoms with Crippen LogP contribution in [-0.2, 0) is 33.2 Å². The van der Waals surface area contributed by atoms with Gasteiger partial charge in [0.25, 0.3) is 0 Å². The fourth-order valence-electron chi connectivity index (χ4n) is 10.5. The van der Waals surface area contributed by atoms with Gasteiger partial charge in [0.05, 0.1) is 43.0 Å². The number of aliphatic hydroxyl groups excluding tert-OH is 3. The van der Waals surface area contributed by atoms with Crippen LogP contribution in [0, 0.1) is 23.2 Å². The zero-order valence-corrected chi connectivity index (χ0v) is 40.7. The molecule has 0 bridgehead atoms. The lowest BCUT2D eigenvalue weighted by atomic mass is 9.72. The van der Waals surface area contributed by atoms with E-state index in [0.29, 0.717) is 25.8 Å². The molecule has 0 saturated carbocycles. The number of likely N-dealkylation sites (N-methyl/N-ethyl adjacent to an activating group) is 1. The van der Waals surface area contributed by atoms with Gasteiger partial charge in [-0.05, 0) is 106 Å². The Hall–Kier alpha value is -1.05. The van der Waals surface area contributed by atoms with Crippen LogP contribution in [0.2, 0.25) is 0 Å². The van der Waals surface area contributed by atoms with E-state index in [-0.39, 0.29) is 56.1 Å². The van der Waals surface area contributed by atoms with E-state index in [1.807, 2.05) is 60.5 Å². The van der Waals surface area contributed by atoms with Crippen molar-refractivity contribution in [3.63, 3.8) is 0 Å². The molecular formula is C46H89N3O12. The van der Waals surface area contributed by atoms with Crippen molar-refractivity contribution >= 4 is 5.97 Å². The van der Waals surface area contributed by atoms with E-state index in [9.17, 15) is 30.3 Å². The van der Waals surface area contributed by atoms with E-state index in [4.69, 9.17) is 28.4 Å². The Kier molecular flexibility index (Phi) is 20.0. The predicted octanol–water partition coefficient (Wildman–Crippen LogP) is 3.69. The van der Waals surface area contributed by atoms with Gasteiger partial charge in [-0.25, -0.2) is 0 Å². The summed E-state index contributed by atoms with van der Waals surface area (Å²) in [6, 6.07) is -0.456. The molecule has 3 saturated heterocycles. The second kappa shape index (κ2) is 22.4. The number of nitrogens with zero attached hydrogens (tertiary/aromatic N) is 2. The number of carbonyl (C=O) groups excluding carboxylic acids is 1. The van der Waals surface area contributed by atoms with Crippen LogP contribution in [0.15, 0.2) is 0 Å². The number of hydrogen-bond donors (Lipinski definition) is 6. The topological polar surface area (TPSA) is 192 Å². The molecule has 3 aliphatic heterocycles. The fraction of sp³-hybridized carbons (Fsp3) is 0.978. The summed E-state index contributed by atoms with van der Waals surface area (Å²) in [5, 5.41) is 60.9. The van der Waals surface area contributed by atoms with Gasteiger partial charge in [0, 0.05) is 50.7 Å². The standard InChI is InChI=1S/C46H89N3O12/c1-17-20-49-24-27(4)39(52)45(13,54)35(19-3)59-41(53)31(8)38(60-36-23-44(12,56-16)46(55,32(9)58-36)26-47-33(18-2)25-50)30(7)40(43(10,11)22-28(49)5)61-42-37(51)34(48(14)15)21-29(6)57-42/h27-40,42,47,50-52,54-55H,17-26H2,1-16H3/t27-,28+,29+,30-,31+,32-,33?,34-,35+,36+,37+,38+,39+,40+,42-,44-,45+,46+/m0/s1. The van der Waals surface area contributed by atoms with E-state index in [1.54, 1.807) is 13.8 Å². The number of esters is 1. The third-order valence-corrected chi connectivity index (χ3v) is 14.7. The van der Waals surface area contributed by atoms with E-state index in [2.05, 4.69) is 37.9 Å². The molecule has 0 amide bonds. The van der Waals surface area contributed by atoms with Crippen molar-refractivity contribution in [3.8, 4) is 0 Å². The normalized spacial score (nSPS) is 44.3. The third kappa shape index (κ3) is 12.4. The van der Waals surface area contributed by atoms with Gasteiger partial charge in [0.1, 0.15) is 29.0 Å². The zero-order chi connectivity index (χ0) is 46.4. The van der Waals surface area contributed by atoms with E-state index in [1.165, 1.54) is 14.0 Å². The summed E-state index contributed by atoms with van der Waals surface area (Å²) in [4.78, 5) is 18.9. The molecule has 61 heavy (non-hydrogen) atoms. The van der Waals surface area contributed by atoms with Gasteiger partial charge in [0.15, 0.2) is 12.6 Å². The minimum Gasteiger partial charge on any atom is -0.459 e. The summed E-state index contributed by atoms with van der Waals surface area (Å²) < 4.78 is 39.3. The molecule has 0 radical (unpaired) electrons. The lowest BCUT2D eigenvalue weighted by Crippen LogP contribution is -2.70.